The molecule has 6 aliphatic rings. The molecular weight excluding hydrogens is 540 g/mol. The van der Waals surface area contributed by atoms with Gasteiger partial charge in [-0.2, -0.15) is 0 Å². The minimum atomic E-state index is -1.62. The highest BCUT2D eigenvalue weighted by Crippen LogP contribution is 2.80. The summed E-state index contributed by atoms with van der Waals surface area (Å²) in [5, 5.41) is 26.3. The lowest BCUT2D eigenvalue weighted by Gasteiger charge is -2.70. The molecule has 10 nitrogen and oxygen atoms in total. The van der Waals surface area contributed by atoms with E-state index in [0.29, 0.717) is 30.8 Å². The second kappa shape index (κ2) is 9.60. The average Bonchev–Trinajstić information content (AvgIpc) is 3.41. The number of methoxy groups -OCH3 is 4. The Morgan fingerprint density at radius 2 is 1.86 bits per heavy atom. The van der Waals surface area contributed by atoms with Gasteiger partial charge in [-0.1, -0.05) is 19.1 Å². The van der Waals surface area contributed by atoms with Crippen molar-refractivity contribution in [2.75, 3.05) is 53.9 Å². The number of aliphatic hydroxyl groups is 2. The summed E-state index contributed by atoms with van der Waals surface area (Å²) in [6.45, 7) is 3.54. The van der Waals surface area contributed by atoms with E-state index in [2.05, 4.69) is 11.8 Å². The van der Waals surface area contributed by atoms with E-state index in [0.717, 1.165) is 19.3 Å². The number of hydrogen-bond donors (Lipinski definition) is 3. The maximum atomic E-state index is 13.4. The van der Waals surface area contributed by atoms with Crippen molar-refractivity contribution in [3.8, 4) is 0 Å². The Bertz CT molecular complexity index is 1250. The monoisotopic (exact) mass is 586 g/mol. The van der Waals surface area contributed by atoms with Crippen molar-refractivity contribution in [1.82, 2.24) is 4.90 Å². The van der Waals surface area contributed by atoms with Crippen molar-refractivity contribution < 1.29 is 38.7 Å². The van der Waals surface area contributed by atoms with Gasteiger partial charge in [-0.3, -0.25) is 4.90 Å². The quantitative estimate of drug-likeness (QED) is 0.306. The van der Waals surface area contributed by atoms with Gasteiger partial charge in [0, 0.05) is 75.7 Å². The van der Waals surface area contributed by atoms with Crippen LogP contribution in [-0.2, 0) is 23.7 Å². The number of hydrogen-bond acceptors (Lipinski definition) is 10. The van der Waals surface area contributed by atoms with E-state index >= 15 is 0 Å². The zero-order valence-corrected chi connectivity index (χ0v) is 25.3. The van der Waals surface area contributed by atoms with Crippen LogP contribution in [0.2, 0.25) is 0 Å². The van der Waals surface area contributed by atoms with Crippen LogP contribution in [0.4, 0.5) is 5.69 Å². The number of ether oxygens (including phenoxy) is 5. The summed E-state index contributed by atoms with van der Waals surface area (Å²) in [6.07, 6.45) is 1.22. The SMILES string of the molecule is CCN1C[C@]2(COC(=O)c3ccccc3N)CCC(OC)C34[C@@H]5C[C@H]6[C@H](OC)[C@@H]5[C@](O)(C[C@@H]6OC)[C@](O)([C@@H](OC)[C@@H]32)[C@@H]14. The third-order valence-corrected chi connectivity index (χ3v) is 13.0. The van der Waals surface area contributed by atoms with Crippen LogP contribution in [-0.4, -0.2) is 111 Å². The van der Waals surface area contributed by atoms with Gasteiger partial charge in [0.2, 0.25) is 0 Å². The summed E-state index contributed by atoms with van der Waals surface area (Å²) >= 11 is 0. The molecule has 1 aromatic rings. The van der Waals surface area contributed by atoms with Gasteiger partial charge >= 0.3 is 5.97 Å². The molecule has 6 fully saturated rings. The molecule has 232 valence electrons. The Morgan fingerprint density at radius 3 is 2.50 bits per heavy atom. The van der Waals surface area contributed by atoms with Crippen LogP contribution in [0.5, 0.6) is 0 Å². The van der Waals surface area contributed by atoms with Crippen molar-refractivity contribution >= 4 is 11.7 Å². The predicted octanol–water partition coefficient (Wildman–Crippen LogP) is 1.72. The molecule has 42 heavy (non-hydrogen) atoms. The third-order valence-electron chi connectivity index (χ3n) is 13.0. The number of nitrogens with two attached hydrogens (primary N) is 1. The number of nitrogen functional groups attached to an aromatic ring is 1. The van der Waals surface area contributed by atoms with Crippen molar-refractivity contribution in [3.63, 3.8) is 0 Å². The predicted molar refractivity (Wildman–Crippen MR) is 153 cm³/mol. The lowest BCUT2D eigenvalue weighted by atomic mass is 9.42. The summed E-state index contributed by atoms with van der Waals surface area (Å²) in [5.41, 5.74) is 2.65. The van der Waals surface area contributed by atoms with Gasteiger partial charge < -0.3 is 39.6 Å². The fourth-order valence-corrected chi connectivity index (χ4v) is 12.0. The summed E-state index contributed by atoms with van der Waals surface area (Å²) in [4.78, 5) is 15.7. The third kappa shape index (κ3) is 3.12. The summed E-state index contributed by atoms with van der Waals surface area (Å²) in [7, 11) is 6.80. The molecular formula is C32H46N2O8. The highest BCUT2D eigenvalue weighted by atomic mass is 16.5. The van der Waals surface area contributed by atoms with E-state index in [1.165, 1.54) is 0 Å². The second-order valence-corrected chi connectivity index (χ2v) is 13.8. The minimum absolute atomic E-state index is 0.00697. The van der Waals surface area contributed by atoms with Gasteiger partial charge in [0.1, 0.15) is 11.2 Å². The van der Waals surface area contributed by atoms with Gasteiger partial charge in [0.15, 0.2) is 0 Å². The van der Waals surface area contributed by atoms with E-state index in [-0.39, 0.29) is 48.6 Å². The van der Waals surface area contributed by atoms with E-state index in [1.807, 2.05) is 0 Å². The number of benzene rings is 1. The standard InChI is InChI=1S/C32H46N2O8/c1-6-34-15-29(16-42-27(35)17-9-7-8-10-20(17)33)12-11-22(39-3)31-19-13-18-21(38-2)14-30(36,23(19)24(18)40-4)32(37,28(31)34)26(41-5)25(29)31/h7-10,18-19,21-26,28,36-37H,6,11-16,33H2,1-5H3/t18-,19-,21+,22?,23-,24+,25-,26+,28+,29+,30-,31?,32+/m1/s1. The number of carbonyl (C=O) groups is 1. The van der Waals surface area contributed by atoms with Crippen molar-refractivity contribution in [2.24, 2.45) is 34.5 Å². The van der Waals surface area contributed by atoms with Gasteiger partial charge in [-0.05, 0) is 43.9 Å². The Balaban J connectivity index is 1.41. The molecule has 10 heteroatoms. The molecule has 5 aliphatic carbocycles. The van der Waals surface area contributed by atoms with Gasteiger partial charge in [0.05, 0.1) is 42.6 Å². The lowest BCUT2D eigenvalue weighted by Crippen LogP contribution is -2.82. The fourth-order valence-electron chi connectivity index (χ4n) is 12.0. The Labute approximate surface area is 247 Å². The Hall–Kier alpha value is -1.79. The number of para-hydroxylation sites is 1. The zero-order chi connectivity index (χ0) is 29.8. The van der Waals surface area contributed by atoms with Gasteiger partial charge in [-0.25, -0.2) is 4.79 Å². The second-order valence-electron chi connectivity index (χ2n) is 13.8. The smallest absolute Gasteiger partial charge is 0.340 e. The molecule has 0 radical (unpaired) electrons. The fraction of sp³-hybridized carbons (Fsp3) is 0.781. The van der Waals surface area contributed by atoms with E-state index in [4.69, 9.17) is 29.4 Å². The molecule has 0 amide bonds. The van der Waals surface area contributed by atoms with E-state index in [9.17, 15) is 15.0 Å². The van der Waals surface area contributed by atoms with Gasteiger partial charge in [-0.15, -0.1) is 0 Å². The maximum absolute atomic E-state index is 13.4. The molecule has 7 rings (SSSR count). The highest BCUT2D eigenvalue weighted by molar-refractivity contribution is 5.95. The van der Waals surface area contributed by atoms with Crippen LogP contribution in [0, 0.1) is 34.5 Å². The number of nitrogens with zero attached hydrogens (tertiary/aromatic N) is 1. The maximum Gasteiger partial charge on any atom is 0.340 e. The van der Waals surface area contributed by atoms with E-state index < -0.39 is 40.1 Å². The number of anilines is 1. The summed E-state index contributed by atoms with van der Waals surface area (Å²) in [5.74, 6) is -0.892. The van der Waals surface area contributed by atoms with Crippen LogP contribution >= 0.6 is 0 Å². The van der Waals surface area contributed by atoms with E-state index in [1.54, 1.807) is 52.7 Å². The minimum Gasteiger partial charge on any atom is -0.461 e. The van der Waals surface area contributed by atoms with Crippen LogP contribution in [0.3, 0.4) is 0 Å². The Kier molecular flexibility index (Phi) is 6.62. The molecule has 1 spiro atoms. The van der Waals surface area contributed by atoms with Crippen molar-refractivity contribution in [2.45, 2.75) is 74.3 Å². The number of likely N-dealkylation sites (tertiary alicyclic amines) is 1. The molecule has 7 bridgehead atoms. The number of esters is 1. The first-order chi connectivity index (χ1) is 20.1. The zero-order valence-electron chi connectivity index (χ0n) is 25.3. The van der Waals surface area contributed by atoms with Crippen molar-refractivity contribution in [3.05, 3.63) is 29.8 Å². The topological polar surface area (TPSA) is 133 Å². The first-order valence-electron chi connectivity index (χ1n) is 15.5. The van der Waals surface area contributed by atoms with Crippen LogP contribution in [0.25, 0.3) is 0 Å². The normalized spacial score (nSPS) is 50.1. The Morgan fingerprint density at radius 1 is 1.10 bits per heavy atom. The molecule has 13 atom stereocenters. The first-order valence-corrected chi connectivity index (χ1v) is 15.5. The largest absolute Gasteiger partial charge is 0.461 e. The molecule has 1 heterocycles. The molecule has 0 aromatic heterocycles. The molecule has 1 saturated heterocycles. The van der Waals surface area contributed by atoms with Crippen LogP contribution in [0.15, 0.2) is 24.3 Å². The number of fused-ring (bicyclic) bond motifs is 2. The number of piperidine rings is 1. The molecule has 2 unspecified atom stereocenters. The van der Waals surface area contributed by atoms with Crippen LogP contribution < -0.4 is 5.73 Å². The van der Waals surface area contributed by atoms with Crippen molar-refractivity contribution in [1.29, 1.82) is 0 Å². The average molecular weight is 587 g/mol. The van der Waals surface area contributed by atoms with Crippen LogP contribution in [0.1, 0.15) is 43.0 Å². The summed E-state index contributed by atoms with van der Waals surface area (Å²) in [6, 6.07) is 6.55. The first kappa shape index (κ1) is 29.0. The molecule has 1 aliphatic heterocycles. The number of carbonyl (C=O) groups excluding carboxylic acids is 1. The number of likely N-dealkylation sites (N-methyl/N-ethyl adjacent to an activating group) is 1. The molecule has 1 aromatic carbocycles. The number of rotatable bonds is 8. The highest BCUT2D eigenvalue weighted by Gasteiger charge is 2.91. The molecule has 5 saturated carbocycles. The summed E-state index contributed by atoms with van der Waals surface area (Å²) < 4.78 is 31.1. The lowest BCUT2D eigenvalue weighted by molar-refractivity contribution is -0.320. The van der Waals surface area contributed by atoms with Gasteiger partial charge in [0.25, 0.3) is 0 Å². The molecule has 4 N–H and O–H groups in total.